The second kappa shape index (κ2) is 6.89. The third-order valence-corrected chi connectivity index (χ3v) is 3.17. The Balaban J connectivity index is 2.16. The number of nitrogens with one attached hydrogen (secondary N) is 1. The molecule has 23 heavy (non-hydrogen) atoms. The molecule has 1 amide bonds. The van der Waals surface area contributed by atoms with Crippen molar-refractivity contribution < 1.29 is 24.9 Å². The highest BCUT2D eigenvalue weighted by molar-refractivity contribution is 6.30. The van der Waals surface area contributed by atoms with Crippen molar-refractivity contribution in [3.8, 4) is 23.0 Å². The first-order valence-corrected chi connectivity index (χ1v) is 6.72. The van der Waals surface area contributed by atoms with Gasteiger partial charge < -0.3 is 20.1 Å². The number of rotatable bonds is 4. The molecule has 2 rings (SSSR count). The summed E-state index contributed by atoms with van der Waals surface area (Å²) in [6.45, 7) is 0. The lowest BCUT2D eigenvalue weighted by atomic mass is 10.1. The van der Waals surface area contributed by atoms with Gasteiger partial charge in [-0.2, -0.15) is 5.10 Å². The number of methoxy groups -OCH3 is 1. The highest BCUT2D eigenvalue weighted by Crippen LogP contribution is 2.36. The van der Waals surface area contributed by atoms with Gasteiger partial charge in [-0.25, -0.2) is 5.43 Å². The molecular weight excluding hydrogens is 324 g/mol. The first-order chi connectivity index (χ1) is 10.9. The molecule has 0 aliphatic rings. The highest BCUT2D eigenvalue weighted by atomic mass is 35.5. The monoisotopic (exact) mass is 336 g/mol. The van der Waals surface area contributed by atoms with Crippen LogP contribution < -0.4 is 10.2 Å². The number of carbonyl (C=O) groups is 1. The van der Waals surface area contributed by atoms with Crippen LogP contribution in [0.15, 0.2) is 35.4 Å². The molecule has 0 aliphatic carbocycles. The maximum Gasteiger partial charge on any atom is 0.275 e. The van der Waals surface area contributed by atoms with Crippen molar-refractivity contribution in [3.05, 3.63) is 46.5 Å². The number of hydrogen-bond acceptors (Lipinski definition) is 6. The number of amides is 1. The summed E-state index contributed by atoms with van der Waals surface area (Å²) in [4.78, 5) is 11.9. The molecule has 2 aromatic carbocycles. The fourth-order valence-electron chi connectivity index (χ4n) is 1.78. The van der Waals surface area contributed by atoms with Crippen molar-refractivity contribution in [2.45, 2.75) is 0 Å². The summed E-state index contributed by atoms with van der Waals surface area (Å²) in [6, 6.07) is 7.12. The fraction of sp³-hybridized carbons (Fsp3) is 0.0667. The van der Waals surface area contributed by atoms with Crippen molar-refractivity contribution in [1.29, 1.82) is 0 Å². The first kappa shape index (κ1) is 16.4. The molecule has 0 fully saturated rings. The van der Waals surface area contributed by atoms with Gasteiger partial charge in [0.1, 0.15) is 5.75 Å². The number of hydrogen-bond donors (Lipinski definition) is 4. The SMILES string of the molecule is COc1ccc(Cl)cc1/C=N/NC(=O)c1ccc(O)c(O)c1O. The van der Waals surface area contributed by atoms with Crippen LogP contribution >= 0.6 is 11.6 Å². The molecule has 7 nitrogen and oxygen atoms in total. The number of aromatic hydroxyl groups is 3. The average Bonchev–Trinajstić information content (AvgIpc) is 2.53. The van der Waals surface area contributed by atoms with Crippen molar-refractivity contribution in [2.75, 3.05) is 7.11 Å². The minimum atomic E-state index is -0.779. The number of ether oxygens (including phenoxy) is 1. The lowest BCUT2D eigenvalue weighted by Crippen LogP contribution is -2.17. The van der Waals surface area contributed by atoms with Crippen LogP contribution in [0.1, 0.15) is 15.9 Å². The van der Waals surface area contributed by atoms with E-state index in [2.05, 4.69) is 10.5 Å². The van der Waals surface area contributed by atoms with Gasteiger partial charge in [0.2, 0.25) is 5.75 Å². The average molecular weight is 337 g/mol. The quantitative estimate of drug-likeness (QED) is 0.388. The van der Waals surface area contributed by atoms with E-state index < -0.39 is 23.2 Å². The van der Waals surface area contributed by atoms with E-state index in [4.69, 9.17) is 16.3 Å². The molecule has 0 bridgehead atoms. The summed E-state index contributed by atoms with van der Waals surface area (Å²) in [5, 5.41) is 32.4. The van der Waals surface area contributed by atoms with Gasteiger partial charge in [0.15, 0.2) is 11.5 Å². The molecule has 4 N–H and O–H groups in total. The van der Waals surface area contributed by atoms with E-state index in [1.807, 2.05) is 0 Å². The van der Waals surface area contributed by atoms with Gasteiger partial charge in [0, 0.05) is 10.6 Å². The van der Waals surface area contributed by atoms with E-state index in [0.29, 0.717) is 16.3 Å². The number of benzene rings is 2. The summed E-state index contributed by atoms with van der Waals surface area (Å²) in [7, 11) is 1.48. The second-order valence-electron chi connectivity index (χ2n) is 4.41. The number of phenolic OH excluding ortho intramolecular Hbond substituents is 3. The zero-order chi connectivity index (χ0) is 17.0. The standard InChI is InChI=1S/C15H13ClN2O5/c1-23-12-5-2-9(16)6-8(12)7-17-18-15(22)10-3-4-11(19)14(21)13(10)20/h2-7,19-21H,1H3,(H,18,22)/b17-7+. The number of phenols is 3. The Morgan fingerprint density at radius 1 is 1.22 bits per heavy atom. The van der Waals surface area contributed by atoms with Gasteiger partial charge in [0.05, 0.1) is 18.9 Å². The first-order valence-electron chi connectivity index (χ1n) is 6.35. The molecule has 0 heterocycles. The lowest BCUT2D eigenvalue weighted by molar-refractivity contribution is 0.0951. The molecular formula is C15H13ClN2O5. The molecule has 0 spiro atoms. The Kier molecular flexibility index (Phi) is 4.92. The van der Waals surface area contributed by atoms with Crippen molar-refractivity contribution in [2.24, 2.45) is 5.10 Å². The number of nitrogens with zero attached hydrogens (tertiary/aromatic N) is 1. The maximum atomic E-state index is 11.9. The van der Waals surface area contributed by atoms with Crippen LogP contribution in [0.2, 0.25) is 5.02 Å². The van der Waals surface area contributed by atoms with Gasteiger partial charge in [-0.1, -0.05) is 11.6 Å². The van der Waals surface area contributed by atoms with Crippen molar-refractivity contribution in [1.82, 2.24) is 5.43 Å². The molecule has 120 valence electrons. The van der Waals surface area contributed by atoms with E-state index in [1.54, 1.807) is 18.2 Å². The lowest BCUT2D eigenvalue weighted by Gasteiger charge is -2.06. The molecule has 0 aromatic heterocycles. The van der Waals surface area contributed by atoms with Gasteiger partial charge in [-0.3, -0.25) is 4.79 Å². The van der Waals surface area contributed by atoms with E-state index in [-0.39, 0.29) is 5.56 Å². The summed E-state index contributed by atoms with van der Waals surface area (Å²) >= 11 is 5.88. The Hall–Kier alpha value is -2.93. The Bertz CT molecular complexity index is 777. The third kappa shape index (κ3) is 3.64. The molecule has 0 unspecified atom stereocenters. The van der Waals surface area contributed by atoms with Crippen LogP contribution in [0.4, 0.5) is 0 Å². The van der Waals surface area contributed by atoms with E-state index in [0.717, 1.165) is 12.1 Å². The predicted molar refractivity (Wildman–Crippen MR) is 84.5 cm³/mol. The molecule has 0 saturated carbocycles. The van der Waals surface area contributed by atoms with E-state index in [1.165, 1.54) is 13.3 Å². The zero-order valence-electron chi connectivity index (χ0n) is 11.9. The van der Waals surface area contributed by atoms with Crippen molar-refractivity contribution in [3.63, 3.8) is 0 Å². The molecule has 2 aromatic rings. The van der Waals surface area contributed by atoms with Crippen LogP contribution in [-0.2, 0) is 0 Å². The molecule has 0 saturated heterocycles. The minimum absolute atomic E-state index is 0.240. The summed E-state index contributed by atoms with van der Waals surface area (Å²) in [5.41, 5.74) is 2.48. The topological polar surface area (TPSA) is 111 Å². The van der Waals surface area contributed by atoms with E-state index >= 15 is 0 Å². The van der Waals surface area contributed by atoms with Crippen LogP contribution in [0.3, 0.4) is 0 Å². The van der Waals surface area contributed by atoms with Crippen LogP contribution in [-0.4, -0.2) is 34.6 Å². The van der Waals surface area contributed by atoms with Crippen LogP contribution in [0.25, 0.3) is 0 Å². The van der Waals surface area contributed by atoms with Gasteiger partial charge >= 0.3 is 0 Å². The minimum Gasteiger partial charge on any atom is -0.504 e. The Morgan fingerprint density at radius 3 is 2.65 bits per heavy atom. The largest absolute Gasteiger partial charge is 0.504 e. The fourth-order valence-corrected chi connectivity index (χ4v) is 1.96. The van der Waals surface area contributed by atoms with Gasteiger partial charge in [0.25, 0.3) is 5.91 Å². The number of hydrazone groups is 1. The van der Waals surface area contributed by atoms with Crippen molar-refractivity contribution >= 4 is 23.7 Å². The maximum absolute atomic E-state index is 11.9. The Morgan fingerprint density at radius 2 is 1.96 bits per heavy atom. The zero-order valence-corrected chi connectivity index (χ0v) is 12.7. The summed E-state index contributed by atoms with van der Waals surface area (Å²) in [6.07, 6.45) is 1.32. The van der Waals surface area contributed by atoms with E-state index in [9.17, 15) is 20.1 Å². The number of halogens is 1. The summed E-state index contributed by atoms with van der Waals surface area (Å²) < 4.78 is 5.13. The molecule has 0 radical (unpaired) electrons. The van der Waals surface area contributed by atoms with Crippen LogP contribution in [0, 0.1) is 0 Å². The molecule has 8 heteroatoms. The van der Waals surface area contributed by atoms with Gasteiger partial charge in [-0.05, 0) is 30.3 Å². The molecule has 0 aliphatic heterocycles. The third-order valence-electron chi connectivity index (χ3n) is 2.94. The van der Waals surface area contributed by atoms with Gasteiger partial charge in [-0.15, -0.1) is 0 Å². The normalized spacial score (nSPS) is 10.7. The summed E-state index contributed by atoms with van der Waals surface area (Å²) in [5.74, 6) is -2.31. The number of carbonyl (C=O) groups excluding carboxylic acids is 1. The smallest absolute Gasteiger partial charge is 0.275 e. The second-order valence-corrected chi connectivity index (χ2v) is 4.85. The predicted octanol–water partition coefficient (Wildman–Crippen LogP) is 2.23. The Labute approximate surface area is 136 Å². The van der Waals surface area contributed by atoms with Crippen LogP contribution in [0.5, 0.6) is 23.0 Å². The highest BCUT2D eigenvalue weighted by Gasteiger charge is 2.16. The molecule has 0 atom stereocenters.